The molecule has 3 aromatic heterocycles. The van der Waals surface area contributed by atoms with Crippen molar-refractivity contribution < 1.29 is 23.8 Å². The van der Waals surface area contributed by atoms with Crippen LogP contribution in [0.5, 0.6) is 5.88 Å². The van der Waals surface area contributed by atoms with Gasteiger partial charge in [0.1, 0.15) is 33.8 Å². The number of anilines is 1. The standard InChI is InChI=1S/C28H27FN6O4S/c1-30-19-6-5-18(21(29)13-19)17-39-26-4-2-3-24(31-26)34-10-8-33(9-11-34)16-25-32-27-22(14-23(40-27)28(36)37)35(25)15-20-7-12-38-20/h2-6,13-14,20H,7-12,15-17H2,(H,36,37)/t20-/m0/s1. The summed E-state index contributed by atoms with van der Waals surface area (Å²) in [5.41, 5.74) is 1.48. The zero-order valence-corrected chi connectivity index (χ0v) is 22.4. The molecular weight excluding hydrogens is 535 g/mol. The number of piperazine rings is 1. The first kappa shape index (κ1) is 26.2. The summed E-state index contributed by atoms with van der Waals surface area (Å²) in [5, 5.41) is 9.41. The van der Waals surface area contributed by atoms with E-state index in [-0.39, 0.29) is 18.4 Å². The lowest BCUT2D eigenvalue weighted by molar-refractivity contribution is -0.0592. The second kappa shape index (κ2) is 11.2. The largest absolute Gasteiger partial charge is 0.477 e. The highest BCUT2D eigenvalue weighted by Crippen LogP contribution is 2.29. The molecule has 0 bridgehead atoms. The van der Waals surface area contributed by atoms with Gasteiger partial charge in [-0.1, -0.05) is 18.2 Å². The molecule has 10 nitrogen and oxygen atoms in total. The smallest absolute Gasteiger partial charge is 0.346 e. The van der Waals surface area contributed by atoms with Crippen LogP contribution in [0.15, 0.2) is 42.5 Å². The first-order valence-corrected chi connectivity index (χ1v) is 13.9. The van der Waals surface area contributed by atoms with E-state index in [0.717, 1.165) is 61.2 Å². The van der Waals surface area contributed by atoms with Gasteiger partial charge in [-0.3, -0.25) is 4.90 Å². The summed E-state index contributed by atoms with van der Waals surface area (Å²) < 4.78 is 27.7. The summed E-state index contributed by atoms with van der Waals surface area (Å²) in [6.07, 6.45) is 1.13. The second-order valence-corrected chi connectivity index (χ2v) is 10.8. The summed E-state index contributed by atoms with van der Waals surface area (Å²) in [4.78, 5) is 29.7. The minimum absolute atomic E-state index is 0.0261. The van der Waals surface area contributed by atoms with Gasteiger partial charge in [-0.2, -0.15) is 4.98 Å². The Balaban J connectivity index is 1.08. The van der Waals surface area contributed by atoms with Crippen molar-refractivity contribution in [3.05, 3.63) is 76.0 Å². The molecule has 2 aliphatic heterocycles. The number of pyridine rings is 1. The SMILES string of the molecule is [C-]#[N+]c1ccc(COc2cccc(N3CCN(Cc4nc5sc(C(=O)O)cc5n4C[C@@H]4CCO4)CC3)n2)c(F)c1. The van der Waals surface area contributed by atoms with Crippen molar-refractivity contribution in [3.8, 4) is 5.88 Å². The number of carboxylic acids is 1. The van der Waals surface area contributed by atoms with Gasteiger partial charge in [-0.25, -0.2) is 19.0 Å². The van der Waals surface area contributed by atoms with Crippen molar-refractivity contribution in [2.75, 3.05) is 37.7 Å². The number of aromatic carboxylic acids is 1. The number of hydrogen-bond donors (Lipinski definition) is 1. The Labute approximate surface area is 234 Å². The van der Waals surface area contributed by atoms with E-state index in [0.29, 0.717) is 29.4 Å². The Morgan fingerprint density at radius 2 is 2.02 bits per heavy atom. The fourth-order valence-electron chi connectivity index (χ4n) is 4.89. The molecule has 0 aliphatic carbocycles. The quantitative estimate of drug-likeness (QED) is 0.297. The number of rotatable bonds is 9. The zero-order valence-electron chi connectivity index (χ0n) is 21.6. The Kier molecular flexibility index (Phi) is 7.34. The fraction of sp³-hybridized carbons (Fsp3) is 0.357. The molecule has 206 valence electrons. The first-order valence-electron chi connectivity index (χ1n) is 13.0. The van der Waals surface area contributed by atoms with Crippen LogP contribution in [0.25, 0.3) is 15.2 Å². The third kappa shape index (κ3) is 5.49. The number of thiophene rings is 1. The number of aromatic nitrogens is 3. The highest BCUT2D eigenvalue weighted by atomic mass is 32.1. The van der Waals surface area contributed by atoms with Gasteiger partial charge in [0, 0.05) is 44.4 Å². The van der Waals surface area contributed by atoms with E-state index in [9.17, 15) is 14.3 Å². The topological polar surface area (TPSA) is 97.3 Å². The normalized spacial score (nSPS) is 17.5. The molecule has 40 heavy (non-hydrogen) atoms. The number of imidazole rings is 1. The molecule has 1 atom stereocenters. The Bertz CT molecular complexity index is 1590. The van der Waals surface area contributed by atoms with Crippen LogP contribution >= 0.6 is 11.3 Å². The number of nitrogens with zero attached hydrogens (tertiary/aromatic N) is 6. The highest BCUT2D eigenvalue weighted by Gasteiger charge is 2.26. The van der Waals surface area contributed by atoms with Crippen LogP contribution in [0.2, 0.25) is 0 Å². The lowest BCUT2D eigenvalue weighted by atomic mass is 10.2. The second-order valence-electron chi connectivity index (χ2n) is 9.80. The van der Waals surface area contributed by atoms with E-state index < -0.39 is 11.8 Å². The van der Waals surface area contributed by atoms with Gasteiger partial charge in [-0.05, 0) is 24.6 Å². The van der Waals surface area contributed by atoms with Crippen LogP contribution in [0.4, 0.5) is 15.9 Å². The third-order valence-corrected chi connectivity index (χ3v) is 8.23. The lowest BCUT2D eigenvalue weighted by Crippen LogP contribution is -2.46. The molecule has 0 saturated carbocycles. The predicted molar refractivity (Wildman–Crippen MR) is 148 cm³/mol. The summed E-state index contributed by atoms with van der Waals surface area (Å²) in [7, 11) is 0. The van der Waals surface area contributed by atoms with E-state index in [4.69, 9.17) is 21.0 Å². The summed E-state index contributed by atoms with van der Waals surface area (Å²) >= 11 is 1.21. The van der Waals surface area contributed by atoms with Gasteiger partial charge in [-0.15, -0.1) is 11.3 Å². The molecule has 1 N–H and O–H groups in total. The van der Waals surface area contributed by atoms with E-state index in [1.165, 1.54) is 17.4 Å². The first-order chi connectivity index (χ1) is 19.5. The monoisotopic (exact) mass is 562 g/mol. The number of ether oxygens (including phenoxy) is 2. The molecule has 0 spiro atoms. The lowest BCUT2D eigenvalue weighted by Gasteiger charge is -2.35. The van der Waals surface area contributed by atoms with E-state index >= 15 is 0 Å². The Morgan fingerprint density at radius 1 is 1.20 bits per heavy atom. The average Bonchev–Trinajstić information content (AvgIpc) is 3.49. The van der Waals surface area contributed by atoms with Crippen molar-refractivity contribution in [1.29, 1.82) is 0 Å². The number of carbonyl (C=O) groups is 1. The van der Waals surface area contributed by atoms with Crippen molar-refractivity contribution in [1.82, 2.24) is 19.4 Å². The average molecular weight is 563 g/mol. The molecule has 5 heterocycles. The highest BCUT2D eigenvalue weighted by molar-refractivity contribution is 7.20. The van der Waals surface area contributed by atoms with Gasteiger partial charge in [0.25, 0.3) is 0 Å². The van der Waals surface area contributed by atoms with Crippen molar-refractivity contribution in [2.24, 2.45) is 0 Å². The zero-order chi connectivity index (χ0) is 27.6. The van der Waals surface area contributed by atoms with Crippen LogP contribution < -0.4 is 9.64 Å². The number of benzene rings is 1. The van der Waals surface area contributed by atoms with Gasteiger partial charge >= 0.3 is 5.97 Å². The van der Waals surface area contributed by atoms with Crippen LogP contribution in [0.1, 0.15) is 27.5 Å². The molecule has 2 saturated heterocycles. The van der Waals surface area contributed by atoms with E-state index in [1.807, 2.05) is 12.1 Å². The number of hydrogen-bond acceptors (Lipinski definition) is 8. The maximum absolute atomic E-state index is 14.2. The van der Waals surface area contributed by atoms with Crippen LogP contribution in [0.3, 0.4) is 0 Å². The van der Waals surface area contributed by atoms with E-state index in [2.05, 4.69) is 24.2 Å². The van der Waals surface area contributed by atoms with Crippen molar-refractivity contribution >= 4 is 39.2 Å². The minimum atomic E-state index is -0.933. The summed E-state index contributed by atoms with van der Waals surface area (Å²) in [5.74, 6) is 0.731. The molecular formula is C28H27FN6O4S. The van der Waals surface area contributed by atoms with Crippen molar-refractivity contribution in [3.63, 3.8) is 0 Å². The molecule has 4 aromatic rings. The molecule has 0 radical (unpaired) electrons. The van der Waals surface area contributed by atoms with Crippen LogP contribution in [-0.4, -0.2) is 69.4 Å². The summed E-state index contributed by atoms with van der Waals surface area (Å²) in [6.45, 7) is 12.3. The van der Waals surface area contributed by atoms with Gasteiger partial charge < -0.3 is 24.0 Å². The predicted octanol–water partition coefficient (Wildman–Crippen LogP) is 4.57. The van der Waals surface area contributed by atoms with Gasteiger partial charge in [0.05, 0.1) is 31.3 Å². The minimum Gasteiger partial charge on any atom is -0.477 e. The molecule has 2 aliphatic rings. The number of carboxylic acid groups (broad SMARTS) is 1. The van der Waals surface area contributed by atoms with Gasteiger partial charge in [0.2, 0.25) is 5.88 Å². The van der Waals surface area contributed by atoms with Crippen LogP contribution in [0, 0.1) is 12.4 Å². The number of halogens is 1. The molecule has 1 aromatic carbocycles. The maximum Gasteiger partial charge on any atom is 0.346 e. The molecule has 12 heteroatoms. The van der Waals surface area contributed by atoms with Crippen LogP contribution in [-0.2, 0) is 24.4 Å². The molecule has 2 fully saturated rings. The Morgan fingerprint density at radius 3 is 2.73 bits per heavy atom. The van der Waals surface area contributed by atoms with E-state index in [1.54, 1.807) is 24.3 Å². The fourth-order valence-corrected chi connectivity index (χ4v) is 5.78. The number of fused-ring (bicyclic) bond motifs is 1. The molecule has 6 rings (SSSR count). The third-order valence-electron chi connectivity index (χ3n) is 7.23. The Hall–Kier alpha value is -4.05. The van der Waals surface area contributed by atoms with Crippen molar-refractivity contribution in [2.45, 2.75) is 32.2 Å². The molecule has 0 unspecified atom stereocenters. The molecule has 0 amide bonds. The van der Waals surface area contributed by atoms with Gasteiger partial charge in [0.15, 0.2) is 5.69 Å². The summed E-state index contributed by atoms with van der Waals surface area (Å²) in [6, 6.07) is 11.6. The maximum atomic E-state index is 14.2.